The minimum atomic E-state index is -0.359. The van der Waals surface area contributed by atoms with Crippen molar-refractivity contribution in [3.63, 3.8) is 0 Å². The van der Waals surface area contributed by atoms with E-state index in [1.165, 1.54) is 57.9 Å². The fraction of sp³-hybridized carbons (Fsp3) is 0.824. The van der Waals surface area contributed by atoms with E-state index in [1.807, 2.05) is 0 Å². The molecule has 0 aliphatic carbocycles. The van der Waals surface area contributed by atoms with Crippen LogP contribution in [0.2, 0.25) is 0 Å². The number of carbonyl (C=O) groups excluding carboxylic acids is 1. The van der Waals surface area contributed by atoms with Gasteiger partial charge >= 0.3 is 5.97 Å². The largest absolute Gasteiger partial charge is 0.463 e. The molecule has 0 aliphatic heterocycles. The van der Waals surface area contributed by atoms with E-state index >= 15 is 0 Å². The summed E-state index contributed by atoms with van der Waals surface area (Å²) in [5.74, 6) is -0.359. The van der Waals surface area contributed by atoms with Gasteiger partial charge in [-0.15, -0.1) is 17.0 Å². The summed E-state index contributed by atoms with van der Waals surface area (Å²) in [6, 6.07) is 0. The molecule has 0 unspecified atom stereocenters. The van der Waals surface area contributed by atoms with Crippen molar-refractivity contribution in [2.45, 2.75) is 65.2 Å². The maximum absolute atomic E-state index is 10.1. The Bertz CT molecular complexity index is 221. The monoisotopic (exact) mass is 365 g/mol. The molecule has 0 fully saturated rings. The molecule has 3 nitrogen and oxygen atoms in total. The molecule has 0 bridgehead atoms. The highest BCUT2D eigenvalue weighted by atomic mass is 79.9. The van der Waals surface area contributed by atoms with Gasteiger partial charge in [-0.2, -0.15) is 0 Å². The molecule has 0 rings (SSSR count). The summed E-state index contributed by atoms with van der Waals surface area (Å²) >= 11 is 0. The van der Waals surface area contributed by atoms with Gasteiger partial charge in [0.25, 0.3) is 0 Å². The number of rotatable bonds is 11. The molecule has 128 valence electrons. The number of hydrogen-bond acceptors (Lipinski definition) is 3. The lowest BCUT2D eigenvalue weighted by Crippen LogP contribution is -2.12. The third kappa shape index (κ3) is 28.5. The average molecular weight is 366 g/mol. The van der Waals surface area contributed by atoms with Gasteiger partial charge in [0, 0.05) is 6.08 Å². The average Bonchev–Trinajstić information content (AvgIpc) is 2.42. The third-order valence-electron chi connectivity index (χ3n) is 2.91. The molecule has 0 spiro atoms. The van der Waals surface area contributed by atoms with E-state index < -0.39 is 0 Å². The highest BCUT2D eigenvalue weighted by Gasteiger charge is 1.92. The zero-order valence-electron chi connectivity index (χ0n) is 14.5. The van der Waals surface area contributed by atoms with Crippen molar-refractivity contribution in [2.24, 2.45) is 0 Å². The Kier molecular flexibility index (Phi) is 26.7. The van der Waals surface area contributed by atoms with E-state index in [0.717, 1.165) is 6.08 Å². The Hall–Kier alpha value is -0.350. The van der Waals surface area contributed by atoms with Crippen LogP contribution in [0.25, 0.3) is 0 Å². The van der Waals surface area contributed by atoms with Crippen LogP contribution in [-0.4, -0.2) is 38.1 Å². The van der Waals surface area contributed by atoms with Crippen LogP contribution in [0.1, 0.15) is 65.2 Å². The normalized spacial score (nSPS) is 9.38. The van der Waals surface area contributed by atoms with Crippen molar-refractivity contribution >= 4 is 23.0 Å². The number of hydrogen-bond donors (Lipinski definition) is 0. The van der Waals surface area contributed by atoms with Crippen LogP contribution in [0.15, 0.2) is 12.7 Å². The van der Waals surface area contributed by atoms with Crippen molar-refractivity contribution in [1.82, 2.24) is 4.90 Å². The van der Waals surface area contributed by atoms with Crippen LogP contribution in [0.5, 0.6) is 0 Å². The first-order chi connectivity index (χ1) is 9.58. The van der Waals surface area contributed by atoms with Crippen LogP contribution in [0, 0.1) is 0 Å². The van der Waals surface area contributed by atoms with Crippen molar-refractivity contribution in [1.29, 1.82) is 0 Å². The van der Waals surface area contributed by atoms with E-state index in [-0.39, 0.29) is 23.0 Å². The fourth-order valence-electron chi connectivity index (χ4n) is 1.76. The lowest BCUT2D eigenvalue weighted by atomic mass is 10.1. The topological polar surface area (TPSA) is 29.5 Å². The zero-order chi connectivity index (χ0) is 15.6. The molecule has 21 heavy (non-hydrogen) atoms. The third-order valence-corrected chi connectivity index (χ3v) is 2.91. The highest BCUT2D eigenvalue weighted by molar-refractivity contribution is 8.93. The van der Waals surface area contributed by atoms with Gasteiger partial charge in [-0.25, -0.2) is 4.79 Å². The summed E-state index contributed by atoms with van der Waals surface area (Å²) in [7, 11) is 4.31. The molecular formula is C17H36BrNO2. The Balaban J connectivity index is -0.000000347. The van der Waals surface area contributed by atoms with Gasteiger partial charge in [0.1, 0.15) is 0 Å². The van der Waals surface area contributed by atoms with Crippen molar-refractivity contribution in [2.75, 3.05) is 27.2 Å². The van der Waals surface area contributed by atoms with E-state index in [0.29, 0.717) is 6.61 Å². The Labute approximate surface area is 142 Å². The van der Waals surface area contributed by atoms with Gasteiger partial charge in [0.2, 0.25) is 0 Å². The lowest BCUT2D eigenvalue weighted by Gasteiger charge is -2.08. The van der Waals surface area contributed by atoms with Gasteiger partial charge in [-0.3, -0.25) is 0 Å². The highest BCUT2D eigenvalue weighted by Crippen LogP contribution is 2.08. The molecule has 0 aromatic rings. The summed E-state index contributed by atoms with van der Waals surface area (Å²) in [5.41, 5.74) is 0. The van der Waals surface area contributed by atoms with Crippen molar-refractivity contribution < 1.29 is 9.53 Å². The number of halogens is 1. The first kappa shape index (κ1) is 25.6. The first-order valence-electron chi connectivity index (χ1n) is 8.02. The maximum atomic E-state index is 10.1. The van der Waals surface area contributed by atoms with E-state index in [1.54, 1.807) is 6.92 Å². The van der Waals surface area contributed by atoms with Crippen LogP contribution in [0.3, 0.4) is 0 Å². The molecule has 0 saturated heterocycles. The second-order valence-electron chi connectivity index (χ2n) is 5.23. The van der Waals surface area contributed by atoms with Gasteiger partial charge in [-0.05, 0) is 34.0 Å². The van der Waals surface area contributed by atoms with Crippen LogP contribution >= 0.6 is 17.0 Å². The molecule has 0 aromatic carbocycles. The summed E-state index contributed by atoms with van der Waals surface area (Å²) < 4.78 is 4.43. The molecule has 0 heterocycles. The van der Waals surface area contributed by atoms with Crippen molar-refractivity contribution in [3.8, 4) is 0 Å². The van der Waals surface area contributed by atoms with Gasteiger partial charge in [-0.1, -0.05) is 58.4 Å². The predicted molar refractivity (Wildman–Crippen MR) is 98.3 cm³/mol. The Morgan fingerprint density at radius 2 is 1.48 bits per heavy atom. The standard InChI is InChI=1S/C12H27N.C5H8O2.BrH/c1-4-5-6-7-8-9-10-11-12-13(2)3;1-3-5(6)7-4-2;/h4-12H2,1-3H3;3H,1,4H2,2H3;1H. The second kappa shape index (κ2) is 21.9. The summed E-state index contributed by atoms with van der Waals surface area (Å²) in [6.07, 6.45) is 12.5. The smallest absolute Gasteiger partial charge is 0.330 e. The van der Waals surface area contributed by atoms with E-state index in [2.05, 4.69) is 37.2 Å². The summed E-state index contributed by atoms with van der Waals surface area (Å²) in [4.78, 5) is 12.3. The summed E-state index contributed by atoms with van der Waals surface area (Å²) in [6.45, 7) is 8.91. The molecule has 0 aliphatic rings. The minimum absolute atomic E-state index is 0. The molecule has 0 aromatic heterocycles. The minimum Gasteiger partial charge on any atom is -0.463 e. The molecule has 0 radical (unpaired) electrons. The molecular weight excluding hydrogens is 330 g/mol. The number of ether oxygens (including phenoxy) is 1. The lowest BCUT2D eigenvalue weighted by molar-refractivity contribution is -0.137. The van der Waals surface area contributed by atoms with Gasteiger partial charge in [0.05, 0.1) is 6.61 Å². The maximum Gasteiger partial charge on any atom is 0.330 e. The molecule has 0 amide bonds. The number of carbonyl (C=O) groups is 1. The predicted octanol–water partition coefficient (Wildman–Crippen LogP) is 5.00. The number of nitrogens with zero attached hydrogens (tertiary/aromatic N) is 1. The molecule has 4 heteroatoms. The molecule has 0 saturated carbocycles. The quantitative estimate of drug-likeness (QED) is 0.293. The second-order valence-corrected chi connectivity index (χ2v) is 5.23. The molecule has 0 atom stereocenters. The Morgan fingerprint density at radius 1 is 1.00 bits per heavy atom. The van der Waals surface area contributed by atoms with Crippen LogP contribution in [0.4, 0.5) is 0 Å². The van der Waals surface area contributed by atoms with Gasteiger partial charge in [0.15, 0.2) is 0 Å². The van der Waals surface area contributed by atoms with Crippen LogP contribution < -0.4 is 0 Å². The SMILES string of the molecule is Br.C=CC(=O)OCC.CCCCCCCCCCN(C)C. The number of esters is 1. The fourth-order valence-corrected chi connectivity index (χ4v) is 1.76. The van der Waals surface area contributed by atoms with E-state index in [9.17, 15) is 4.79 Å². The van der Waals surface area contributed by atoms with E-state index in [4.69, 9.17) is 0 Å². The zero-order valence-corrected chi connectivity index (χ0v) is 16.2. The molecule has 0 N–H and O–H groups in total. The van der Waals surface area contributed by atoms with Crippen LogP contribution in [-0.2, 0) is 9.53 Å². The first-order valence-corrected chi connectivity index (χ1v) is 8.02. The van der Waals surface area contributed by atoms with Gasteiger partial charge < -0.3 is 9.64 Å². The summed E-state index contributed by atoms with van der Waals surface area (Å²) in [5, 5.41) is 0. The Morgan fingerprint density at radius 3 is 1.81 bits per heavy atom. The number of unbranched alkanes of at least 4 members (excludes halogenated alkanes) is 7. The van der Waals surface area contributed by atoms with Crippen molar-refractivity contribution in [3.05, 3.63) is 12.7 Å².